The van der Waals surface area contributed by atoms with Gasteiger partial charge in [-0.3, -0.25) is 14.9 Å². The molecule has 9 heteroatoms. The molecule has 0 spiro atoms. The van der Waals surface area contributed by atoms with Crippen LogP contribution in [-0.4, -0.2) is 27.6 Å². The Hall–Kier alpha value is -5.05. The summed E-state index contributed by atoms with van der Waals surface area (Å²) in [7, 11) is 0. The Balaban J connectivity index is 1.40. The molecule has 1 aromatic heterocycles. The normalized spacial score (nSPS) is 10.7. The summed E-state index contributed by atoms with van der Waals surface area (Å²) in [4.78, 5) is 35.0. The van der Waals surface area contributed by atoms with Gasteiger partial charge in [0.15, 0.2) is 0 Å². The highest BCUT2D eigenvalue weighted by Gasteiger charge is 2.13. The Morgan fingerprint density at radius 3 is 2.21 bits per heavy atom. The van der Waals surface area contributed by atoms with Gasteiger partial charge >= 0.3 is 5.97 Å². The summed E-state index contributed by atoms with van der Waals surface area (Å²) >= 11 is 0. The maximum atomic E-state index is 12.4. The van der Waals surface area contributed by atoms with Gasteiger partial charge < -0.3 is 9.30 Å². The van der Waals surface area contributed by atoms with E-state index in [4.69, 9.17) is 4.74 Å². The van der Waals surface area contributed by atoms with Gasteiger partial charge in [0.2, 0.25) is 0 Å². The number of carbonyl (C=O) groups is 2. The van der Waals surface area contributed by atoms with Crippen molar-refractivity contribution in [2.24, 2.45) is 5.10 Å². The summed E-state index contributed by atoms with van der Waals surface area (Å²) in [5, 5.41) is 14.7. The second-order valence-corrected chi connectivity index (χ2v) is 7.07. The molecule has 168 valence electrons. The van der Waals surface area contributed by atoms with E-state index in [-0.39, 0.29) is 17.0 Å². The first-order valence-corrected chi connectivity index (χ1v) is 10.1. The van der Waals surface area contributed by atoms with E-state index in [1.165, 1.54) is 30.5 Å². The van der Waals surface area contributed by atoms with Crippen molar-refractivity contribution >= 4 is 23.8 Å². The first kappa shape index (κ1) is 22.2. The highest BCUT2D eigenvalue weighted by Crippen LogP contribution is 2.19. The van der Waals surface area contributed by atoms with E-state index in [2.05, 4.69) is 10.5 Å². The maximum Gasteiger partial charge on any atom is 0.343 e. The second kappa shape index (κ2) is 10.0. The van der Waals surface area contributed by atoms with Crippen LogP contribution in [0.1, 0.15) is 26.3 Å². The maximum absolute atomic E-state index is 12.4. The molecular formula is C25H18N4O5. The standard InChI is InChI=1S/C25H18N4O5/c30-24(18-7-11-21(12-8-18)28-15-3-4-16-28)27-26-17-20-5-1-2-6-23(20)34-25(31)19-9-13-22(14-10-19)29(32)33/h1-17H,(H,27,30)/b26-17+. The fourth-order valence-electron chi connectivity index (χ4n) is 3.07. The van der Waals surface area contributed by atoms with Crippen molar-refractivity contribution < 1.29 is 19.2 Å². The number of aromatic nitrogens is 1. The lowest BCUT2D eigenvalue weighted by Gasteiger charge is -2.07. The Morgan fingerprint density at radius 2 is 1.53 bits per heavy atom. The number of carbonyl (C=O) groups excluding carboxylic acids is 2. The summed E-state index contributed by atoms with van der Waals surface area (Å²) in [5.74, 6) is -0.849. The molecule has 9 nitrogen and oxygen atoms in total. The fraction of sp³-hybridized carbons (Fsp3) is 0. The number of benzene rings is 3. The van der Waals surface area contributed by atoms with Gasteiger partial charge in [0.05, 0.1) is 16.7 Å². The number of ether oxygens (including phenoxy) is 1. The van der Waals surface area contributed by atoms with Crippen molar-refractivity contribution in [3.05, 3.63) is 124 Å². The lowest BCUT2D eigenvalue weighted by Crippen LogP contribution is -2.17. The van der Waals surface area contributed by atoms with Crippen molar-refractivity contribution in [3.63, 3.8) is 0 Å². The number of amides is 1. The predicted molar refractivity (Wildman–Crippen MR) is 125 cm³/mol. The van der Waals surface area contributed by atoms with E-state index < -0.39 is 16.8 Å². The molecule has 0 saturated heterocycles. The molecule has 0 aliphatic rings. The second-order valence-electron chi connectivity index (χ2n) is 7.07. The lowest BCUT2D eigenvalue weighted by atomic mass is 10.2. The zero-order chi connectivity index (χ0) is 23.9. The fourth-order valence-corrected chi connectivity index (χ4v) is 3.07. The van der Waals surface area contributed by atoms with Gasteiger partial charge in [-0.2, -0.15) is 5.10 Å². The summed E-state index contributed by atoms with van der Waals surface area (Å²) in [6, 6.07) is 22.6. The van der Waals surface area contributed by atoms with E-state index in [0.29, 0.717) is 11.1 Å². The third-order valence-corrected chi connectivity index (χ3v) is 4.84. The summed E-state index contributed by atoms with van der Waals surface area (Å²) < 4.78 is 7.33. The Morgan fingerprint density at radius 1 is 0.882 bits per heavy atom. The van der Waals surface area contributed by atoms with E-state index in [1.54, 1.807) is 36.4 Å². The summed E-state index contributed by atoms with van der Waals surface area (Å²) in [5.41, 5.74) is 4.31. The van der Waals surface area contributed by atoms with Gasteiger partial charge in [0.1, 0.15) is 5.75 Å². The third kappa shape index (κ3) is 5.22. The molecular weight excluding hydrogens is 436 g/mol. The summed E-state index contributed by atoms with van der Waals surface area (Å²) in [6.45, 7) is 0. The zero-order valence-corrected chi connectivity index (χ0v) is 17.7. The molecule has 34 heavy (non-hydrogen) atoms. The minimum absolute atomic E-state index is 0.126. The first-order chi connectivity index (χ1) is 16.5. The van der Waals surface area contributed by atoms with Crippen LogP contribution in [0.5, 0.6) is 5.75 Å². The number of hydrogen-bond donors (Lipinski definition) is 1. The molecule has 1 amide bonds. The van der Waals surface area contributed by atoms with Crippen LogP contribution in [0.15, 0.2) is 102 Å². The molecule has 0 fully saturated rings. The molecule has 1 N–H and O–H groups in total. The van der Waals surface area contributed by atoms with Gasteiger partial charge in [-0.15, -0.1) is 0 Å². The van der Waals surface area contributed by atoms with E-state index in [0.717, 1.165) is 5.69 Å². The monoisotopic (exact) mass is 454 g/mol. The average molecular weight is 454 g/mol. The van der Waals surface area contributed by atoms with Crippen LogP contribution in [0.4, 0.5) is 5.69 Å². The largest absolute Gasteiger partial charge is 0.422 e. The van der Waals surface area contributed by atoms with Crippen LogP contribution in [-0.2, 0) is 0 Å². The molecule has 0 aliphatic carbocycles. The van der Waals surface area contributed by atoms with Crippen LogP contribution in [0.3, 0.4) is 0 Å². The van der Waals surface area contributed by atoms with Gasteiger partial charge in [-0.1, -0.05) is 12.1 Å². The van der Waals surface area contributed by atoms with Crippen LogP contribution < -0.4 is 10.2 Å². The lowest BCUT2D eigenvalue weighted by molar-refractivity contribution is -0.384. The van der Waals surface area contributed by atoms with Gasteiger partial charge in [-0.25, -0.2) is 10.2 Å². The van der Waals surface area contributed by atoms with Crippen LogP contribution in [0.25, 0.3) is 5.69 Å². The molecule has 0 bridgehead atoms. The van der Waals surface area contributed by atoms with Crippen molar-refractivity contribution in [2.75, 3.05) is 0 Å². The van der Waals surface area contributed by atoms with Crippen molar-refractivity contribution in [1.29, 1.82) is 0 Å². The summed E-state index contributed by atoms with van der Waals surface area (Å²) in [6.07, 6.45) is 5.18. The number of rotatable bonds is 7. The average Bonchev–Trinajstić information content (AvgIpc) is 3.40. The van der Waals surface area contributed by atoms with Crippen molar-refractivity contribution in [2.45, 2.75) is 0 Å². The van der Waals surface area contributed by atoms with Crippen molar-refractivity contribution in [3.8, 4) is 11.4 Å². The molecule has 0 radical (unpaired) electrons. The number of non-ortho nitro benzene ring substituents is 1. The minimum Gasteiger partial charge on any atom is -0.422 e. The van der Waals surface area contributed by atoms with Crippen LogP contribution in [0, 0.1) is 10.1 Å². The number of nitro groups is 1. The number of nitrogens with one attached hydrogen (secondary N) is 1. The van der Waals surface area contributed by atoms with Crippen LogP contribution >= 0.6 is 0 Å². The predicted octanol–water partition coefficient (Wildman–Crippen LogP) is 4.37. The van der Waals surface area contributed by atoms with Crippen molar-refractivity contribution in [1.82, 2.24) is 9.99 Å². The van der Waals surface area contributed by atoms with Gasteiger partial charge in [0, 0.05) is 41.3 Å². The molecule has 3 aromatic carbocycles. The zero-order valence-electron chi connectivity index (χ0n) is 17.7. The van der Waals surface area contributed by atoms with Crippen LogP contribution in [0.2, 0.25) is 0 Å². The molecule has 0 atom stereocenters. The molecule has 0 aliphatic heterocycles. The minimum atomic E-state index is -0.678. The number of nitro benzene ring substituents is 1. The smallest absolute Gasteiger partial charge is 0.343 e. The van der Waals surface area contributed by atoms with E-state index in [1.807, 2.05) is 41.2 Å². The van der Waals surface area contributed by atoms with E-state index >= 15 is 0 Å². The number of hydrazone groups is 1. The molecule has 1 heterocycles. The Labute approximate surface area is 194 Å². The highest BCUT2D eigenvalue weighted by molar-refractivity contribution is 5.96. The topological polar surface area (TPSA) is 116 Å². The first-order valence-electron chi connectivity index (χ1n) is 10.1. The van der Waals surface area contributed by atoms with E-state index in [9.17, 15) is 19.7 Å². The SMILES string of the molecule is O=C(N/N=C/c1ccccc1OC(=O)c1ccc([N+](=O)[O-])cc1)c1ccc(-n2cccc2)cc1. The molecule has 0 unspecified atom stereocenters. The van der Waals surface area contributed by atoms with Gasteiger partial charge in [-0.05, 0) is 60.7 Å². The molecule has 0 saturated carbocycles. The number of hydrogen-bond acceptors (Lipinski definition) is 6. The Bertz CT molecular complexity index is 1350. The van der Waals surface area contributed by atoms with Gasteiger partial charge in [0.25, 0.3) is 11.6 Å². The number of esters is 1. The Kier molecular flexibility index (Phi) is 6.55. The number of nitrogens with zero attached hydrogens (tertiary/aromatic N) is 3. The molecule has 4 rings (SSSR count). The third-order valence-electron chi connectivity index (χ3n) is 4.84. The molecule has 4 aromatic rings. The quantitative estimate of drug-likeness (QED) is 0.146. The highest BCUT2D eigenvalue weighted by atomic mass is 16.6. The number of para-hydroxylation sites is 1.